The second-order valence-corrected chi connectivity index (χ2v) is 3.92. The SMILES string of the molecule is O=C(O)N1CC(F)CC(CI)C1. The first kappa shape index (κ1) is 10.0. The van der Waals surface area contributed by atoms with Gasteiger partial charge in [-0.25, -0.2) is 9.18 Å². The van der Waals surface area contributed by atoms with Crippen LogP contribution in [0.25, 0.3) is 0 Å². The minimum Gasteiger partial charge on any atom is -0.465 e. The van der Waals surface area contributed by atoms with Gasteiger partial charge in [0.25, 0.3) is 0 Å². The number of alkyl halides is 2. The summed E-state index contributed by atoms with van der Waals surface area (Å²) in [5.74, 6) is 0.186. The third kappa shape index (κ3) is 2.46. The van der Waals surface area contributed by atoms with Crippen LogP contribution < -0.4 is 0 Å². The highest BCUT2D eigenvalue weighted by molar-refractivity contribution is 14.1. The number of piperidine rings is 1. The molecule has 2 atom stereocenters. The van der Waals surface area contributed by atoms with Gasteiger partial charge in [0.05, 0.1) is 6.54 Å². The molecule has 1 aliphatic rings. The molecule has 0 aromatic rings. The topological polar surface area (TPSA) is 40.5 Å². The molecule has 0 saturated carbocycles. The van der Waals surface area contributed by atoms with Gasteiger partial charge >= 0.3 is 6.09 Å². The molecule has 1 saturated heterocycles. The lowest BCUT2D eigenvalue weighted by Gasteiger charge is -2.31. The molecule has 0 aromatic heterocycles. The van der Waals surface area contributed by atoms with E-state index < -0.39 is 12.3 Å². The zero-order chi connectivity index (χ0) is 9.14. The number of rotatable bonds is 1. The Hall–Kier alpha value is -0.0700. The molecule has 1 N–H and O–H groups in total. The Labute approximate surface area is 84.1 Å². The van der Waals surface area contributed by atoms with E-state index in [-0.39, 0.29) is 12.5 Å². The molecule has 1 fully saturated rings. The molecule has 1 amide bonds. The van der Waals surface area contributed by atoms with Crippen molar-refractivity contribution in [2.45, 2.75) is 12.6 Å². The van der Waals surface area contributed by atoms with Gasteiger partial charge < -0.3 is 10.0 Å². The average molecular weight is 287 g/mol. The molecule has 12 heavy (non-hydrogen) atoms. The monoisotopic (exact) mass is 287 g/mol. The maximum Gasteiger partial charge on any atom is 0.407 e. The Balaban J connectivity index is 2.51. The second-order valence-electron chi connectivity index (χ2n) is 3.04. The molecular weight excluding hydrogens is 276 g/mol. The number of amides is 1. The van der Waals surface area contributed by atoms with Crippen LogP contribution in [0.1, 0.15) is 6.42 Å². The molecule has 70 valence electrons. The van der Waals surface area contributed by atoms with Gasteiger partial charge in [-0.15, -0.1) is 0 Å². The fourth-order valence-corrected chi connectivity index (χ4v) is 2.04. The number of nitrogens with zero attached hydrogens (tertiary/aromatic N) is 1. The lowest BCUT2D eigenvalue weighted by Crippen LogP contribution is -2.44. The van der Waals surface area contributed by atoms with E-state index in [0.717, 1.165) is 9.33 Å². The Morgan fingerprint density at radius 2 is 2.33 bits per heavy atom. The number of carboxylic acid groups (broad SMARTS) is 1. The Bertz CT molecular complexity index is 179. The van der Waals surface area contributed by atoms with Crippen LogP contribution in [0, 0.1) is 5.92 Å². The summed E-state index contributed by atoms with van der Waals surface area (Å²) in [6.45, 7) is 0.529. The highest BCUT2D eigenvalue weighted by Gasteiger charge is 2.28. The van der Waals surface area contributed by atoms with E-state index in [1.165, 1.54) is 0 Å². The molecule has 0 radical (unpaired) electrons. The van der Waals surface area contributed by atoms with Crippen LogP contribution >= 0.6 is 22.6 Å². The first-order valence-electron chi connectivity index (χ1n) is 3.81. The zero-order valence-corrected chi connectivity index (χ0v) is 8.70. The molecule has 0 bridgehead atoms. The van der Waals surface area contributed by atoms with Crippen molar-refractivity contribution in [2.75, 3.05) is 17.5 Å². The van der Waals surface area contributed by atoms with E-state index in [2.05, 4.69) is 22.6 Å². The molecule has 3 nitrogen and oxygen atoms in total. The molecule has 1 rings (SSSR count). The largest absolute Gasteiger partial charge is 0.465 e. The molecular formula is C7H11FINO2. The van der Waals surface area contributed by atoms with Crippen LogP contribution in [0.5, 0.6) is 0 Å². The second kappa shape index (κ2) is 4.25. The molecule has 1 heterocycles. The third-order valence-corrected chi connectivity index (χ3v) is 3.22. The van der Waals surface area contributed by atoms with Crippen LogP contribution in [-0.2, 0) is 0 Å². The summed E-state index contributed by atoms with van der Waals surface area (Å²) in [5, 5.41) is 8.63. The normalized spacial score (nSPS) is 30.3. The summed E-state index contributed by atoms with van der Waals surface area (Å²) >= 11 is 2.16. The fraction of sp³-hybridized carbons (Fsp3) is 0.857. The van der Waals surface area contributed by atoms with Crippen molar-refractivity contribution < 1.29 is 14.3 Å². The highest BCUT2D eigenvalue weighted by atomic mass is 127. The van der Waals surface area contributed by atoms with E-state index in [1.54, 1.807) is 0 Å². The first-order valence-corrected chi connectivity index (χ1v) is 5.34. The van der Waals surface area contributed by atoms with Crippen molar-refractivity contribution >= 4 is 28.7 Å². The van der Waals surface area contributed by atoms with Crippen molar-refractivity contribution in [2.24, 2.45) is 5.92 Å². The first-order chi connectivity index (χ1) is 5.63. The highest BCUT2D eigenvalue weighted by Crippen LogP contribution is 2.20. The number of carbonyl (C=O) groups is 1. The van der Waals surface area contributed by atoms with Gasteiger partial charge in [0.1, 0.15) is 6.17 Å². The Morgan fingerprint density at radius 1 is 1.67 bits per heavy atom. The summed E-state index contributed by atoms with van der Waals surface area (Å²) in [5.41, 5.74) is 0. The van der Waals surface area contributed by atoms with Crippen molar-refractivity contribution in [1.29, 1.82) is 0 Å². The number of hydrogen-bond acceptors (Lipinski definition) is 1. The van der Waals surface area contributed by atoms with Crippen LogP contribution in [-0.4, -0.2) is 39.8 Å². The van der Waals surface area contributed by atoms with Crippen molar-refractivity contribution in [1.82, 2.24) is 4.90 Å². The zero-order valence-electron chi connectivity index (χ0n) is 6.54. The summed E-state index contributed by atoms with van der Waals surface area (Å²) in [6, 6.07) is 0. The summed E-state index contributed by atoms with van der Waals surface area (Å²) in [7, 11) is 0. The van der Waals surface area contributed by atoms with E-state index in [0.29, 0.717) is 13.0 Å². The van der Waals surface area contributed by atoms with Crippen molar-refractivity contribution in [3.63, 3.8) is 0 Å². The number of hydrogen-bond donors (Lipinski definition) is 1. The predicted octanol–water partition coefficient (Wildman–Crippen LogP) is 1.76. The van der Waals surface area contributed by atoms with E-state index in [4.69, 9.17) is 5.11 Å². The molecule has 0 aliphatic carbocycles. The predicted molar refractivity (Wildman–Crippen MR) is 51.5 cm³/mol. The Morgan fingerprint density at radius 3 is 2.83 bits per heavy atom. The van der Waals surface area contributed by atoms with E-state index in [1.807, 2.05) is 0 Å². The van der Waals surface area contributed by atoms with Gasteiger partial charge in [0.2, 0.25) is 0 Å². The maximum absolute atomic E-state index is 12.9. The van der Waals surface area contributed by atoms with Crippen LogP contribution in [0.15, 0.2) is 0 Å². The number of likely N-dealkylation sites (tertiary alicyclic amines) is 1. The summed E-state index contributed by atoms with van der Waals surface area (Å²) in [6.07, 6.45) is -1.48. The van der Waals surface area contributed by atoms with Gasteiger partial charge in [-0.2, -0.15) is 0 Å². The smallest absolute Gasteiger partial charge is 0.407 e. The standard InChI is InChI=1S/C7H11FINO2/c8-6-1-5(2-9)3-10(4-6)7(11)12/h5-6H,1-4H2,(H,11,12). The summed E-state index contributed by atoms with van der Waals surface area (Å²) in [4.78, 5) is 11.7. The van der Waals surface area contributed by atoms with Gasteiger partial charge in [-0.1, -0.05) is 22.6 Å². The van der Waals surface area contributed by atoms with Gasteiger partial charge in [0, 0.05) is 11.0 Å². The van der Waals surface area contributed by atoms with Gasteiger partial charge in [-0.05, 0) is 12.3 Å². The lowest BCUT2D eigenvalue weighted by molar-refractivity contribution is 0.0886. The lowest BCUT2D eigenvalue weighted by atomic mass is 9.99. The quantitative estimate of drug-likeness (QED) is 0.589. The molecule has 2 unspecified atom stereocenters. The minimum absolute atomic E-state index is 0.0441. The fourth-order valence-electron chi connectivity index (χ4n) is 1.40. The number of halogens is 2. The molecule has 0 spiro atoms. The van der Waals surface area contributed by atoms with Crippen LogP contribution in [0.4, 0.5) is 9.18 Å². The van der Waals surface area contributed by atoms with Gasteiger partial charge in [-0.3, -0.25) is 0 Å². The van der Waals surface area contributed by atoms with Crippen LogP contribution in [0.2, 0.25) is 0 Å². The van der Waals surface area contributed by atoms with Crippen molar-refractivity contribution in [3.8, 4) is 0 Å². The molecule has 5 heteroatoms. The average Bonchev–Trinajstić information content (AvgIpc) is 2.03. The third-order valence-electron chi connectivity index (χ3n) is 1.97. The van der Waals surface area contributed by atoms with Crippen LogP contribution in [0.3, 0.4) is 0 Å². The molecule has 1 aliphatic heterocycles. The summed E-state index contributed by atoms with van der Waals surface area (Å²) < 4.78 is 13.7. The van der Waals surface area contributed by atoms with Gasteiger partial charge in [0.15, 0.2) is 0 Å². The Kier molecular flexibility index (Phi) is 3.54. The minimum atomic E-state index is -1.01. The van der Waals surface area contributed by atoms with E-state index in [9.17, 15) is 9.18 Å². The maximum atomic E-state index is 12.9. The molecule has 0 aromatic carbocycles. The van der Waals surface area contributed by atoms with Crippen molar-refractivity contribution in [3.05, 3.63) is 0 Å². The van der Waals surface area contributed by atoms with E-state index >= 15 is 0 Å².